The summed E-state index contributed by atoms with van der Waals surface area (Å²) < 4.78 is 7.59. The molecule has 0 unspecified atom stereocenters. The third kappa shape index (κ3) is 3.53. The zero-order valence-corrected chi connectivity index (χ0v) is 12.2. The first-order valence-corrected chi connectivity index (χ1v) is 6.22. The van der Waals surface area contributed by atoms with Crippen LogP contribution < -0.4 is 4.74 Å². The molecule has 0 N–H and O–H groups in total. The fourth-order valence-electron chi connectivity index (χ4n) is 0.796. The molecule has 0 aliphatic rings. The number of ether oxygens (including phenoxy) is 1. The van der Waals surface area contributed by atoms with Crippen LogP contribution >= 0.6 is 59.4 Å². The van der Waals surface area contributed by atoms with Crippen LogP contribution in [-0.2, 0) is 4.79 Å². The predicted molar refractivity (Wildman–Crippen MR) is 65.9 cm³/mol. The van der Waals surface area contributed by atoms with Crippen LogP contribution in [0.15, 0.2) is 25.6 Å². The van der Waals surface area contributed by atoms with Crippen LogP contribution in [0.3, 0.4) is 0 Å². The van der Waals surface area contributed by atoms with Gasteiger partial charge in [0.25, 0.3) is 5.24 Å². The van der Waals surface area contributed by atoms with E-state index < -0.39 is 5.24 Å². The van der Waals surface area contributed by atoms with Crippen molar-refractivity contribution < 1.29 is 9.53 Å². The topological polar surface area (TPSA) is 26.3 Å². The highest BCUT2D eigenvalue weighted by Gasteiger charge is 2.09. The van der Waals surface area contributed by atoms with Crippen molar-refractivity contribution in [2.75, 3.05) is 6.61 Å². The third-order valence-corrected chi connectivity index (χ3v) is 3.04. The number of halogens is 4. The van der Waals surface area contributed by atoms with Crippen LogP contribution in [0, 0.1) is 0 Å². The minimum absolute atomic E-state index is 0.152. The van der Waals surface area contributed by atoms with Gasteiger partial charge in [-0.2, -0.15) is 0 Å². The lowest BCUT2D eigenvalue weighted by Crippen LogP contribution is -2.05. The number of carbonyl (C=O) groups excluding carboxylic acids is 1. The van der Waals surface area contributed by atoms with E-state index in [2.05, 4.69) is 47.8 Å². The summed E-state index contributed by atoms with van der Waals surface area (Å²) in [6, 6.07) is 3.64. The molecule has 0 amide bonds. The van der Waals surface area contributed by atoms with Crippen molar-refractivity contribution in [3.63, 3.8) is 0 Å². The molecule has 0 aliphatic carbocycles. The van der Waals surface area contributed by atoms with E-state index in [1.165, 1.54) is 0 Å². The van der Waals surface area contributed by atoms with Crippen LogP contribution in [0.1, 0.15) is 0 Å². The van der Waals surface area contributed by atoms with Crippen molar-refractivity contribution in [2.45, 2.75) is 0 Å². The first kappa shape index (κ1) is 12.5. The monoisotopic (exact) mass is 404 g/mol. The normalized spacial score (nSPS) is 10.0. The summed E-state index contributed by atoms with van der Waals surface area (Å²) in [5.74, 6) is 0.558. The summed E-state index contributed by atoms with van der Waals surface area (Å²) in [5, 5.41) is -0.535. The molecule has 2 nitrogen and oxygen atoms in total. The Hall–Kier alpha value is 0.420. The van der Waals surface area contributed by atoms with Gasteiger partial charge < -0.3 is 4.74 Å². The zero-order valence-electron chi connectivity index (χ0n) is 6.69. The quantitative estimate of drug-likeness (QED) is 0.705. The van der Waals surface area contributed by atoms with E-state index in [0.717, 1.165) is 13.4 Å². The average Bonchev–Trinajstić information content (AvgIpc) is 2.01. The Morgan fingerprint density at radius 1 is 1.29 bits per heavy atom. The molecule has 0 saturated heterocycles. The second-order valence-corrected chi connectivity index (χ2v) is 5.39. The number of hydrogen-bond donors (Lipinski definition) is 0. The Bertz CT molecular complexity index is 345. The van der Waals surface area contributed by atoms with Crippen molar-refractivity contribution in [1.82, 2.24) is 0 Å². The van der Waals surface area contributed by atoms with Gasteiger partial charge in [0.15, 0.2) is 6.61 Å². The lowest BCUT2D eigenvalue weighted by molar-refractivity contribution is -0.113. The van der Waals surface area contributed by atoms with Crippen LogP contribution in [0.4, 0.5) is 0 Å². The van der Waals surface area contributed by atoms with E-state index in [9.17, 15) is 4.79 Å². The Morgan fingerprint density at radius 2 is 1.79 bits per heavy atom. The molecule has 0 spiro atoms. The third-order valence-electron chi connectivity index (χ3n) is 1.29. The van der Waals surface area contributed by atoms with Gasteiger partial charge in [0, 0.05) is 4.47 Å². The fraction of sp³-hybridized carbons (Fsp3) is 0.125. The van der Waals surface area contributed by atoms with Gasteiger partial charge in [0.2, 0.25) is 0 Å². The highest BCUT2D eigenvalue weighted by molar-refractivity contribution is 9.11. The molecule has 6 heteroatoms. The van der Waals surface area contributed by atoms with Crippen LogP contribution in [0.25, 0.3) is 0 Å². The van der Waals surface area contributed by atoms with Crippen molar-refractivity contribution >= 4 is 64.6 Å². The van der Waals surface area contributed by atoms with Gasteiger partial charge in [-0.15, -0.1) is 0 Å². The minimum atomic E-state index is -0.535. The number of benzene rings is 1. The lowest BCUT2D eigenvalue weighted by Gasteiger charge is -2.08. The van der Waals surface area contributed by atoms with Crippen LogP contribution in [-0.4, -0.2) is 11.8 Å². The van der Waals surface area contributed by atoms with Crippen molar-refractivity contribution in [1.29, 1.82) is 0 Å². The number of rotatable bonds is 3. The summed E-state index contributed by atoms with van der Waals surface area (Å²) in [6.07, 6.45) is 0. The van der Waals surface area contributed by atoms with E-state index in [1.54, 1.807) is 0 Å². The Balaban J connectivity index is 2.91. The fourth-order valence-corrected chi connectivity index (χ4v) is 3.34. The Kier molecular flexibility index (Phi) is 4.90. The van der Waals surface area contributed by atoms with E-state index in [1.807, 2.05) is 12.1 Å². The summed E-state index contributed by atoms with van der Waals surface area (Å²) in [5.41, 5.74) is 0. The van der Waals surface area contributed by atoms with E-state index >= 15 is 0 Å². The Labute approximate surface area is 111 Å². The number of hydrogen-bond acceptors (Lipinski definition) is 2. The smallest absolute Gasteiger partial charge is 0.259 e. The van der Waals surface area contributed by atoms with Gasteiger partial charge >= 0.3 is 0 Å². The van der Waals surface area contributed by atoms with E-state index in [4.69, 9.17) is 16.3 Å². The molecular weight excluding hydrogens is 403 g/mol. The second kappa shape index (κ2) is 5.49. The van der Waals surface area contributed by atoms with E-state index in [0.29, 0.717) is 5.75 Å². The summed E-state index contributed by atoms with van der Waals surface area (Å²) in [7, 11) is 0. The van der Waals surface area contributed by atoms with E-state index in [-0.39, 0.29) is 6.61 Å². The SMILES string of the molecule is O=C(Cl)COc1c(Br)cc(Br)cc1Br. The first-order chi connectivity index (χ1) is 6.50. The molecule has 0 radical (unpaired) electrons. The molecule has 0 aromatic heterocycles. The van der Waals surface area contributed by atoms with Crippen LogP contribution in [0.2, 0.25) is 0 Å². The maximum atomic E-state index is 10.5. The summed E-state index contributed by atoms with van der Waals surface area (Å²) in [6.45, 7) is -0.152. The molecule has 0 bridgehead atoms. The van der Waals surface area contributed by atoms with Gasteiger partial charge in [-0.3, -0.25) is 4.79 Å². The lowest BCUT2D eigenvalue weighted by atomic mass is 10.3. The molecule has 0 saturated carbocycles. The largest absolute Gasteiger partial charge is 0.482 e. The van der Waals surface area contributed by atoms with Gasteiger partial charge in [0.05, 0.1) is 8.95 Å². The van der Waals surface area contributed by atoms with Crippen LogP contribution in [0.5, 0.6) is 5.75 Å². The highest BCUT2D eigenvalue weighted by Crippen LogP contribution is 2.36. The molecule has 0 atom stereocenters. The zero-order chi connectivity index (χ0) is 10.7. The minimum Gasteiger partial charge on any atom is -0.482 e. The predicted octanol–water partition coefficient (Wildman–Crippen LogP) is 4.12. The van der Waals surface area contributed by atoms with Gasteiger partial charge in [-0.25, -0.2) is 0 Å². The molecular formula is C8H4Br3ClO2. The molecule has 0 aliphatic heterocycles. The molecule has 0 fully saturated rings. The summed E-state index contributed by atoms with van der Waals surface area (Å²) >= 11 is 15.1. The van der Waals surface area contributed by atoms with Crippen molar-refractivity contribution in [3.8, 4) is 5.75 Å². The average molecular weight is 407 g/mol. The maximum Gasteiger partial charge on any atom is 0.259 e. The maximum absolute atomic E-state index is 10.5. The molecule has 14 heavy (non-hydrogen) atoms. The molecule has 1 aromatic rings. The molecule has 1 aromatic carbocycles. The highest BCUT2D eigenvalue weighted by atomic mass is 79.9. The molecule has 0 heterocycles. The molecule has 1 rings (SSSR count). The van der Waals surface area contributed by atoms with Crippen molar-refractivity contribution in [2.24, 2.45) is 0 Å². The van der Waals surface area contributed by atoms with Gasteiger partial charge in [-0.05, 0) is 55.6 Å². The molecule has 76 valence electrons. The Morgan fingerprint density at radius 3 is 2.21 bits per heavy atom. The van der Waals surface area contributed by atoms with Crippen molar-refractivity contribution in [3.05, 3.63) is 25.6 Å². The number of carbonyl (C=O) groups is 1. The van der Waals surface area contributed by atoms with Gasteiger partial charge in [-0.1, -0.05) is 15.9 Å². The van der Waals surface area contributed by atoms with Gasteiger partial charge in [0.1, 0.15) is 5.75 Å². The summed E-state index contributed by atoms with van der Waals surface area (Å²) in [4.78, 5) is 10.5. The first-order valence-electron chi connectivity index (χ1n) is 3.46. The second-order valence-electron chi connectivity index (χ2n) is 2.34. The standard InChI is InChI=1S/C8H4Br3ClO2/c9-4-1-5(10)8(6(11)2-4)14-3-7(12)13/h1-2H,3H2.